The van der Waals surface area contributed by atoms with Crippen LogP contribution >= 0.6 is 0 Å². The maximum Gasteiger partial charge on any atom is 0.231 e. The molecule has 0 amide bonds. The number of fused-ring (bicyclic) bond motifs is 1. The van der Waals surface area contributed by atoms with E-state index in [9.17, 15) is 18.5 Å². The molecule has 0 spiro atoms. The van der Waals surface area contributed by atoms with Gasteiger partial charge in [-0.25, -0.2) is 8.42 Å². The first-order chi connectivity index (χ1) is 10.00. The quantitative estimate of drug-likeness (QED) is 0.771. The van der Waals surface area contributed by atoms with Crippen LogP contribution in [0.3, 0.4) is 0 Å². The molecule has 1 aliphatic heterocycles. The highest BCUT2D eigenvalue weighted by molar-refractivity contribution is 7.92. The van der Waals surface area contributed by atoms with Crippen molar-refractivity contribution in [3.8, 4) is 17.6 Å². The van der Waals surface area contributed by atoms with E-state index >= 15 is 0 Å². The van der Waals surface area contributed by atoms with Gasteiger partial charge in [-0.1, -0.05) is 13.0 Å². The lowest BCUT2D eigenvalue weighted by Gasteiger charge is -2.02. The molecule has 0 N–H and O–H groups in total. The minimum atomic E-state index is -3.49. The molecule has 0 radical (unpaired) electrons. The highest BCUT2D eigenvalue weighted by Crippen LogP contribution is 2.62. The molecule has 1 aliphatic carbocycles. The van der Waals surface area contributed by atoms with Crippen LogP contribution in [0.15, 0.2) is 18.2 Å². The second-order valence-electron chi connectivity index (χ2n) is 5.13. The van der Waals surface area contributed by atoms with Gasteiger partial charge in [-0.2, -0.15) is 5.26 Å². The van der Waals surface area contributed by atoms with Crippen LogP contribution in [0.5, 0.6) is 11.5 Å². The van der Waals surface area contributed by atoms with Crippen molar-refractivity contribution in [3.63, 3.8) is 0 Å². The standard InChI is InChI=1S/C14H13NO5S/c1-2-21(17,18)13-12(14(13,6-15)7-16)9-3-4-10-11(5-9)20-8-19-10/h3-5,7,12-13H,2,8H2,1H3/t12-,13+,14+/m0/s1. The van der Waals surface area contributed by atoms with E-state index in [4.69, 9.17) is 9.47 Å². The number of nitrogens with zero attached hydrogens (tertiary/aromatic N) is 1. The Balaban J connectivity index is 2.05. The topological polar surface area (TPSA) is 93.5 Å². The molecule has 3 atom stereocenters. The Morgan fingerprint density at radius 3 is 2.76 bits per heavy atom. The largest absolute Gasteiger partial charge is 0.454 e. The highest BCUT2D eigenvalue weighted by Gasteiger charge is 2.72. The molecule has 3 rings (SSSR count). The molecule has 1 aromatic carbocycles. The summed E-state index contributed by atoms with van der Waals surface area (Å²) in [5, 5.41) is 8.32. The lowest BCUT2D eigenvalue weighted by Crippen LogP contribution is -2.17. The maximum atomic E-state index is 12.1. The number of rotatable bonds is 4. The van der Waals surface area contributed by atoms with E-state index in [0.717, 1.165) is 0 Å². The van der Waals surface area contributed by atoms with Crippen LogP contribution in [0.4, 0.5) is 0 Å². The van der Waals surface area contributed by atoms with E-state index in [1.54, 1.807) is 18.2 Å². The molecule has 21 heavy (non-hydrogen) atoms. The zero-order valence-corrected chi connectivity index (χ0v) is 12.1. The van der Waals surface area contributed by atoms with Crippen LogP contribution in [0.25, 0.3) is 0 Å². The van der Waals surface area contributed by atoms with Crippen LogP contribution in [0.2, 0.25) is 0 Å². The molecule has 0 aromatic heterocycles. The lowest BCUT2D eigenvalue weighted by atomic mass is 10.0. The second kappa shape index (κ2) is 4.46. The third kappa shape index (κ3) is 1.83. The van der Waals surface area contributed by atoms with Crippen LogP contribution in [0.1, 0.15) is 18.4 Å². The Bertz CT molecular complexity index is 751. The van der Waals surface area contributed by atoms with Gasteiger partial charge < -0.3 is 14.3 Å². The number of nitriles is 1. The van der Waals surface area contributed by atoms with E-state index < -0.39 is 26.4 Å². The van der Waals surface area contributed by atoms with Crippen molar-refractivity contribution < 1.29 is 22.7 Å². The number of carbonyl (C=O) groups is 1. The molecule has 0 saturated heterocycles. The Hall–Kier alpha value is -2.07. The smallest absolute Gasteiger partial charge is 0.231 e. The predicted molar refractivity (Wildman–Crippen MR) is 72.7 cm³/mol. The van der Waals surface area contributed by atoms with Crippen LogP contribution < -0.4 is 9.47 Å². The van der Waals surface area contributed by atoms with Crippen molar-refractivity contribution in [2.75, 3.05) is 12.5 Å². The van der Waals surface area contributed by atoms with Crippen LogP contribution in [0, 0.1) is 16.7 Å². The summed E-state index contributed by atoms with van der Waals surface area (Å²) in [4.78, 5) is 11.4. The molecule has 110 valence electrons. The zero-order valence-electron chi connectivity index (χ0n) is 11.3. The number of hydrogen-bond donors (Lipinski definition) is 0. The number of carbonyl (C=O) groups excluding carboxylic acids is 1. The minimum Gasteiger partial charge on any atom is -0.454 e. The van der Waals surface area contributed by atoms with Gasteiger partial charge >= 0.3 is 0 Å². The third-order valence-corrected chi connectivity index (χ3v) is 6.35. The number of sulfone groups is 1. The van der Waals surface area contributed by atoms with Gasteiger partial charge in [-0.15, -0.1) is 0 Å². The highest BCUT2D eigenvalue weighted by atomic mass is 32.2. The van der Waals surface area contributed by atoms with Crippen molar-refractivity contribution in [1.29, 1.82) is 5.26 Å². The summed E-state index contributed by atoms with van der Waals surface area (Å²) >= 11 is 0. The van der Waals surface area contributed by atoms with Crippen molar-refractivity contribution in [2.24, 2.45) is 5.41 Å². The van der Waals surface area contributed by atoms with E-state index in [1.807, 2.05) is 6.07 Å². The SMILES string of the molecule is CCS(=O)(=O)[C@@H]1[C@H](c2ccc3c(c2)OCO3)[C@@]1(C#N)C=O. The fourth-order valence-corrected chi connectivity index (χ4v) is 4.84. The predicted octanol–water partition coefficient (Wildman–Crippen LogP) is 1.02. The summed E-state index contributed by atoms with van der Waals surface area (Å²) in [6, 6.07) is 6.88. The molecule has 1 aromatic rings. The summed E-state index contributed by atoms with van der Waals surface area (Å²) in [6.07, 6.45) is 0.458. The normalized spacial score (nSPS) is 29.7. The van der Waals surface area contributed by atoms with E-state index in [-0.39, 0.29) is 12.5 Å². The molecule has 1 heterocycles. The summed E-state index contributed by atoms with van der Waals surface area (Å²) in [5.74, 6) is 0.322. The molecule has 7 heteroatoms. The van der Waals surface area contributed by atoms with Gasteiger partial charge in [0.05, 0.1) is 11.3 Å². The number of aldehydes is 1. The van der Waals surface area contributed by atoms with Crippen molar-refractivity contribution >= 4 is 16.1 Å². The van der Waals surface area contributed by atoms with Crippen LogP contribution in [-0.4, -0.2) is 32.5 Å². The molecule has 6 nitrogen and oxygen atoms in total. The van der Waals surface area contributed by atoms with Gasteiger partial charge in [-0.05, 0) is 17.7 Å². The molecule has 0 unspecified atom stereocenters. The van der Waals surface area contributed by atoms with Crippen LogP contribution in [-0.2, 0) is 14.6 Å². The van der Waals surface area contributed by atoms with Gasteiger partial charge in [0.2, 0.25) is 6.79 Å². The van der Waals surface area contributed by atoms with E-state index in [2.05, 4.69) is 0 Å². The monoisotopic (exact) mass is 307 g/mol. The lowest BCUT2D eigenvalue weighted by molar-refractivity contribution is -0.110. The number of benzene rings is 1. The molecule has 2 aliphatic rings. The molecule has 1 saturated carbocycles. The fourth-order valence-electron chi connectivity index (χ4n) is 2.92. The van der Waals surface area contributed by atoms with Gasteiger partial charge in [0.1, 0.15) is 11.7 Å². The average Bonchev–Trinajstić information content (AvgIpc) is 2.98. The molecule has 0 bridgehead atoms. The Morgan fingerprint density at radius 2 is 2.14 bits per heavy atom. The summed E-state index contributed by atoms with van der Waals surface area (Å²) < 4.78 is 34.7. The molecule has 1 fully saturated rings. The van der Waals surface area contributed by atoms with Crippen molar-refractivity contribution in [1.82, 2.24) is 0 Å². The molecular formula is C14H13NO5S. The average molecular weight is 307 g/mol. The molecular weight excluding hydrogens is 294 g/mol. The summed E-state index contributed by atoms with van der Waals surface area (Å²) in [7, 11) is -3.49. The van der Waals surface area contributed by atoms with Crippen molar-refractivity contribution in [3.05, 3.63) is 23.8 Å². The minimum absolute atomic E-state index is 0.101. The Morgan fingerprint density at radius 1 is 1.43 bits per heavy atom. The number of hydrogen-bond acceptors (Lipinski definition) is 6. The van der Waals surface area contributed by atoms with Crippen molar-refractivity contribution in [2.45, 2.75) is 18.1 Å². The first-order valence-corrected chi connectivity index (χ1v) is 8.20. The fraction of sp³-hybridized carbons (Fsp3) is 0.429. The Kier molecular flexibility index (Phi) is 2.95. The maximum absolute atomic E-state index is 12.1. The first-order valence-electron chi connectivity index (χ1n) is 6.49. The Labute approximate surface area is 122 Å². The third-order valence-electron chi connectivity index (χ3n) is 4.11. The van der Waals surface area contributed by atoms with Gasteiger partial charge in [0.15, 0.2) is 21.3 Å². The number of ether oxygens (including phenoxy) is 2. The zero-order chi connectivity index (χ0) is 15.3. The van der Waals surface area contributed by atoms with Gasteiger partial charge in [0.25, 0.3) is 0 Å². The second-order valence-corrected chi connectivity index (χ2v) is 7.54. The van der Waals surface area contributed by atoms with Gasteiger partial charge in [-0.3, -0.25) is 0 Å². The van der Waals surface area contributed by atoms with E-state index in [0.29, 0.717) is 23.3 Å². The summed E-state index contributed by atoms with van der Waals surface area (Å²) in [5.41, 5.74) is -0.891. The summed E-state index contributed by atoms with van der Waals surface area (Å²) in [6.45, 7) is 1.62. The van der Waals surface area contributed by atoms with Gasteiger partial charge in [0, 0.05) is 11.7 Å². The van der Waals surface area contributed by atoms with E-state index in [1.165, 1.54) is 6.92 Å². The first kappa shape index (κ1) is 13.9.